The van der Waals surface area contributed by atoms with E-state index in [1.54, 1.807) is 12.1 Å². The van der Waals surface area contributed by atoms with Gasteiger partial charge in [0, 0.05) is 10.4 Å². The smallest absolute Gasteiger partial charge is 0.306 e. The van der Waals surface area contributed by atoms with E-state index in [2.05, 4.69) is 16.2 Å². The van der Waals surface area contributed by atoms with Crippen molar-refractivity contribution in [1.82, 2.24) is 10.9 Å². The third-order valence-electron chi connectivity index (χ3n) is 3.50. The third-order valence-corrected chi connectivity index (χ3v) is 4.07. The second kappa shape index (κ2) is 7.42. The van der Waals surface area contributed by atoms with Gasteiger partial charge in [-0.15, -0.1) is 0 Å². The van der Waals surface area contributed by atoms with Gasteiger partial charge in [-0.1, -0.05) is 59.6 Å². The molecule has 0 fully saturated rings. The number of nitrogens with one attached hydrogen (secondary N) is 3. The normalized spacial score (nSPS) is 10.3. The number of hydrogen-bond acceptors (Lipinski definition) is 2. The van der Waals surface area contributed by atoms with Gasteiger partial charge in [0.2, 0.25) is 0 Å². The molecule has 3 N–H and O–H groups in total. The summed E-state index contributed by atoms with van der Waals surface area (Å²) < 4.78 is 0. The molecule has 0 aliphatic carbocycles. The van der Waals surface area contributed by atoms with Crippen LogP contribution in [0.5, 0.6) is 0 Å². The molecule has 0 spiro atoms. The van der Waals surface area contributed by atoms with Gasteiger partial charge in [0.15, 0.2) is 0 Å². The van der Waals surface area contributed by atoms with Gasteiger partial charge in [-0.25, -0.2) is 10.2 Å². The predicted molar refractivity (Wildman–Crippen MR) is 100 cm³/mol. The molecule has 0 bridgehead atoms. The Morgan fingerprint density at radius 1 is 0.840 bits per heavy atom. The quantitative estimate of drug-likeness (QED) is 0.573. The van der Waals surface area contributed by atoms with E-state index < -0.39 is 11.9 Å². The van der Waals surface area contributed by atoms with Gasteiger partial charge in [-0.2, -0.15) is 0 Å². The van der Waals surface area contributed by atoms with Crippen LogP contribution in [-0.4, -0.2) is 11.9 Å². The first-order valence-corrected chi connectivity index (χ1v) is 8.10. The minimum absolute atomic E-state index is 0.166. The first kappa shape index (κ1) is 17.1. The van der Waals surface area contributed by atoms with Gasteiger partial charge in [0.1, 0.15) is 0 Å². The lowest BCUT2D eigenvalue weighted by Gasteiger charge is -2.11. The SMILES string of the molecule is O=C(NNC(=O)c1cc(Cl)ccc1Cl)Nc1cccc2ccccc12. The topological polar surface area (TPSA) is 70.2 Å². The Bertz CT molecular complexity index is 955. The van der Waals surface area contributed by atoms with Crippen LogP contribution in [-0.2, 0) is 0 Å². The Kier molecular flexibility index (Phi) is 5.07. The van der Waals surface area contributed by atoms with E-state index in [1.807, 2.05) is 36.4 Å². The Morgan fingerprint density at radius 2 is 1.60 bits per heavy atom. The van der Waals surface area contributed by atoms with Crippen LogP contribution < -0.4 is 16.2 Å². The highest BCUT2D eigenvalue weighted by atomic mass is 35.5. The van der Waals surface area contributed by atoms with E-state index in [9.17, 15) is 9.59 Å². The highest BCUT2D eigenvalue weighted by Gasteiger charge is 2.12. The van der Waals surface area contributed by atoms with E-state index in [0.29, 0.717) is 10.7 Å². The van der Waals surface area contributed by atoms with Crippen molar-refractivity contribution in [3.63, 3.8) is 0 Å². The molecule has 3 aromatic rings. The summed E-state index contributed by atoms with van der Waals surface area (Å²) in [5.41, 5.74) is 5.38. The van der Waals surface area contributed by atoms with Gasteiger partial charge < -0.3 is 5.32 Å². The van der Waals surface area contributed by atoms with Crippen LogP contribution in [0.15, 0.2) is 60.7 Å². The van der Waals surface area contributed by atoms with Crippen LogP contribution in [0.3, 0.4) is 0 Å². The van der Waals surface area contributed by atoms with Crippen LogP contribution in [0.2, 0.25) is 10.0 Å². The number of fused-ring (bicyclic) bond motifs is 1. The Balaban J connectivity index is 1.66. The second-order valence-corrected chi connectivity index (χ2v) is 6.03. The molecule has 3 amide bonds. The molecule has 5 nitrogen and oxygen atoms in total. The summed E-state index contributed by atoms with van der Waals surface area (Å²) in [5, 5.41) is 5.19. The van der Waals surface area contributed by atoms with Gasteiger partial charge in [-0.05, 0) is 29.7 Å². The predicted octanol–water partition coefficient (Wildman–Crippen LogP) is 4.61. The maximum absolute atomic E-state index is 12.1. The van der Waals surface area contributed by atoms with Gasteiger partial charge >= 0.3 is 6.03 Å². The minimum Gasteiger partial charge on any atom is -0.306 e. The van der Waals surface area contributed by atoms with Gasteiger partial charge in [0.25, 0.3) is 5.91 Å². The molecule has 3 aromatic carbocycles. The molecule has 7 heteroatoms. The Hall–Kier alpha value is -2.76. The fourth-order valence-corrected chi connectivity index (χ4v) is 2.72. The highest BCUT2D eigenvalue weighted by Crippen LogP contribution is 2.23. The summed E-state index contributed by atoms with van der Waals surface area (Å²) in [6, 6.07) is 17.1. The molecule has 0 unspecified atom stereocenters. The summed E-state index contributed by atoms with van der Waals surface area (Å²) in [6.07, 6.45) is 0. The van der Waals surface area contributed by atoms with Crippen molar-refractivity contribution in [3.8, 4) is 0 Å². The average Bonchev–Trinajstić information content (AvgIpc) is 2.62. The molecule has 0 atom stereocenters. The Morgan fingerprint density at radius 3 is 2.44 bits per heavy atom. The van der Waals surface area contributed by atoms with Gasteiger partial charge in [-0.3, -0.25) is 10.2 Å². The van der Waals surface area contributed by atoms with Crippen LogP contribution >= 0.6 is 23.2 Å². The average molecular weight is 374 g/mol. The highest BCUT2D eigenvalue weighted by molar-refractivity contribution is 6.35. The summed E-state index contributed by atoms with van der Waals surface area (Å²) in [6.45, 7) is 0. The molecular formula is C18H13Cl2N3O2. The number of carbonyl (C=O) groups is 2. The van der Waals surface area contributed by atoms with E-state index in [4.69, 9.17) is 23.2 Å². The first-order chi connectivity index (χ1) is 12.0. The summed E-state index contributed by atoms with van der Waals surface area (Å²) in [7, 11) is 0. The lowest BCUT2D eigenvalue weighted by atomic mass is 10.1. The third kappa shape index (κ3) is 4.02. The number of urea groups is 1. The lowest BCUT2D eigenvalue weighted by molar-refractivity contribution is 0.0938. The van der Waals surface area contributed by atoms with Crippen LogP contribution in [0.4, 0.5) is 10.5 Å². The molecule has 3 rings (SSSR count). The number of benzene rings is 3. The molecule has 0 heterocycles. The van der Waals surface area contributed by atoms with E-state index in [1.165, 1.54) is 12.1 Å². The Labute approximate surface area is 153 Å². The number of halogens is 2. The standard InChI is InChI=1S/C18H13Cl2N3O2/c19-12-8-9-15(20)14(10-12)17(24)22-23-18(25)21-16-7-3-5-11-4-1-2-6-13(11)16/h1-10H,(H,22,24)(H2,21,23,25). The molecule has 0 aliphatic heterocycles. The molecule has 0 radical (unpaired) electrons. The molecule has 126 valence electrons. The molecule has 0 saturated carbocycles. The van der Waals surface area contributed by atoms with E-state index in [0.717, 1.165) is 10.8 Å². The van der Waals surface area contributed by atoms with Crippen LogP contribution in [0.1, 0.15) is 10.4 Å². The van der Waals surface area contributed by atoms with Crippen molar-refractivity contribution in [1.29, 1.82) is 0 Å². The van der Waals surface area contributed by atoms with Crippen LogP contribution in [0, 0.1) is 0 Å². The summed E-state index contributed by atoms with van der Waals surface area (Å²) >= 11 is 11.8. The zero-order valence-electron chi connectivity index (χ0n) is 12.8. The van der Waals surface area contributed by atoms with E-state index >= 15 is 0 Å². The molecule has 0 aliphatic rings. The van der Waals surface area contributed by atoms with Crippen molar-refractivity contribution in [2.24, 2.45) is 0 Å². The zero-order chi connectivity index (χ0) is 17.8. The number of amides is 3. The van der Waals surface area contributed by atoms with Crippen LogP contribution in [0.25, 0.3) is 10.8 Å². The van der Waals surface area contributed by atoms with Crippen molar-refractivity contribution in [2.75, 3.05) is 5.32 Å². The summed E-state index contributed by atoms with van der Waals surface area (Å²) in [5.74, 6) is -0.569. The fourth-order valence-electron chi connectivity index (χ4n) is 2.34. The number of carbonyl (C=O) groups excluding carboxylic acids is 2. The number of anilines is 1. The molecular weight excluding hydrogens is 361 g/mol. The largest absolute Gasteiger partial charge is 0.337 e. The minimum atomic E-state index is -0.581. The fraction of sp³-hybridized carbons (Fsp3) is 0. The molecule has 0 aromatic heterocycles. The molecule has 25 heavy (non-hydrogen) atoms. The van der Waals surface area contributed by atoms with Crippen molar-refractivity contribution < 1.29 is 9.59 Å². The first-order valence-electron chi connectivity index (χ1n) is 7.35. The van der Waals surface area contributed by atoms with E-state index in [-0.39, 0.29) is 10.6 Å². The number of hydrogen-bond donors (Lipinski definition) is 3. The lowest BCUT2D eigenvalue weighted by Crippen LogP contribution is -2.44. The van der Waals surface area contributed by atoms with Gasteiger partial charge in [0.05, 0.1) is 16.3 Å². The van der Waals surface area contributed by atoms with Crippen molar-refractivity contribution >= 4 is 51.6 Å². The number of hydrazine groups is 1. The molecule has 0 saturated heterocycles. The monoisotopic (exact) mass is 373 g/mol. The zero-order valence-corrected chi connectivity index (χ0v) is 14.4. The number of rotatable bonds is 2. The maximum atomic E-state index is 12.1. The van der Waals surface area contributed by atoms with Crippen molar-refractivity contribution in [2.45, 2.75) is 0 Å². The van der Waals surface area contributed by atoms with Crippen molar-refractivity contribution in [3.05, 3.63) is 76.3 Å². The summed E-state index contributed by atoms with van der Waals surface area (Å²) in [4.78, 5) is 24.1. The second-order valence-electron chi connectivity index (χ2n) is 5.18. The maximum Gasteiger partial charge on any atom is 0.337 e.